The molecule has 0 aliphatic carbocycles. The maximum absolute atomic E-state index is 12.5. The number of alkyl halides is 1. The molecule has 0 aliphatic rings. The molecular weight excluding hydrogens is 300 g/mol. The normalized spacial score (nSPS) is 10.8. The lowest BCUT2D eigenvalue weighted by Crippen LogP contribution is -2.24. The fourth-order valence-electron chi connectivity index (χ4n) is 2.26. The molecule has 0 saturated heterocycles. The van der Waals surface area contributed by atoms with Gasteiger partial charge >= 0.3 is 0 Å². The average molecular weight is 315 g/mol. The number of aryl methyl sites for hydroxylation is 1. The third-order valence-corrected chi connectivity index (χ3v) is 3.58. The van der Waals surface area contributed by atoms with Crippen molar-refractivity contribution in [3.05, 3.63) is 59.1 Å². The quantitative estimate of drug-likeness (QED) is 0.735. The average Bonchev–Trinajstić information content (AvgIpc) is 2.57. The first-order chi connectivity index (χ1) is 10.8. The first-order valence-electron chi connectivity index (χ1n) is 7.02. The van der Waals surface area contributed by atoms with Gasteiger partial charge in [-0.1, -0.05) is 18.2 Å². The van der Waals surface area contributed by atoms with Gasteiger partial charge in [0, 0.05) is 35.9 Å². The van der Waals surface area contributed by atoms with Crippen molar-refractivity contribution in [1.29, 1.82) is 0 Å². The van der Waals surface area contributed by atoms with Gasteiger partial charge in [0.15, 0.2) is 5.82 Å². The van der Waals surface area contributed by atoms with E-state index in [-0.39, 0.29) is 5.56 Å². The molecule has 1 aromatic carbocycles. The van der Waals surface area contributed by atoms with Gasteiger partial charge in [-0.3, -0.25) is 9.78 Å². The Balaban J connectivity index is 2.11. The van der Waals surface area contributed by atoms with Gasteiger partial charge in [-0.05, 0) is 24.6 Å². The van der Waals surface area contributed by atoms with Gasteiger partial charge in [-0.2, -0.15) is 5.10 Å². The summed E-state index contributed by atoms with van der Waals surface area (Å²) in [6, 6.07) is 11.2. The lowest BCUT2D eigenvalue weighted by atomic mass is 10.2. The number of hydrogen-bond donors (Lipinski definition) is 1. The van der Waals surface area contributed by atoms with E-state index in [9.17, 15) is 4.79 Å². The van der Waals surface area contributed by atoms with Gasteiger partial charge in [0.05, 0.1) is 5.39 Å². The summed E-state index contributed by atoms with van der Waals surface area (Å²) in [6.07, 6.45) is 4.10. The van der Waals surface area contributed by atoms with E-state index in [2.05, 4.69) is 15.4 Å². The van der Waals surface area contributed by atoms with E-state index >= 15 is 0 Å². The second-order valence-corrected chi connectivity index (χ2v) is 5.20. The summed E-state index contributed by atoms with van der Waals surface area (Å²) in [5.41, 5.74) is 0.774. The number of nitrogens with one attached hydrogen (secondary N) is 1. The number of rotatable bonds is 5. The fourth-order valence-corrected chi connectivity index (χ4v) is 2.38. The molecule has 0 fully saturated rings. The highest BCUT2D eigenvalue weighted by Crippen LogP contribution is 2.21. The largest absolute Gasteiger partial charge is 0.338 e. The molecule has 0 spiro atoms. The summed E-state index contributed by atoms with van der Waals surface area (Å²) < 4.78 is 1.47. The maximum Gasteiger partial charge on any atom is 0.274 e. The molecule has 0 atom stereocenters. The highest BCUT2D eigenvalue weighted by molar-refractivity contribution is 6.17. The third-order valence-electron chi connectivity index (χ3n) is 3.31. The molecule has 5 nitrogen and oxygen atoms in total. The molecule has 112 valence electrons. The standard InChI is InChI=1S/C16H15ClN4O/c17-8-3-11-21-16(22)14-5-2-1-4-13(14)15(20-21)19-12-6-9-18-10-7-12/h1-2,4-7,9-10H,3,8,11H2,(H,18,19,20). The number of anilines is 2. The Hall–Kier alpha value is -2.40. The van der Waals surface area contributed by atoms with Gasteiger partial charge in [0.25, 0.3) is 5.56 Å². The lowest BCUT2D eigenvalue weighted by molar-refractivity contribution is 0.579. The van der Waals surface area contributed by atoms with Crippen LogP contribution < -0.4 is 10.9 Å². The monoisotopic (exact) mass is 314 g/mol. The molecule has 3 rings (SSSR count). The maximum atomic E-state index is 12.5. The predicted molar refractivity (Wildman–Crippen MR) is 88.9 cm³/mol. The van der Waals surface area contributed by atoms with Crippen molar-refractivity contribution in [1.82, 2.24) is 14.8 Å². The van der Waals surface area contributed by atoms with E-state index in [1.807, 2.05) is 36.4 Å². The van der Waals surface area contributed by atoms with Crippen LogP contribution in [-0.2, 0) is 6.54 Å². The van der Waals surface area contributed by atoms with Crippen LogP contribution in [0.2, 0.25) is 0 Å². The Bertz CT molecular complexity index is 832. The van der Waals surface area contributed by atoms with E-state index in [0.29, 0.717) is 30.0 Å². The third kappa shape index (κ3) is 2.94. The lowest BCUT2D eigenvalue weighted by Gasteiger charge is -2.12. The van der Waals surface area contributed by atoms with Crippen LogP contribution in [0.5, 0.6) is 0 Å². The van der Waals surface area contributed by atoms with Crippen molar-refractivity contribution >= 4 is 33.9 Å². The molecule has 0 saturated carbocycles. The van der Waals surface area contributed by atoms with Crippen molar-refractivity contribution in [3.8, 4) is 0 Å². The van der Waals surface area contributed by atoms with Gasteiger partial charge in [0.1, 0.15) is 0 Å². The number of benzene rings is 1. The molecule has 6 heteroatoms. The van der Waals surface area contributed by atoms with Crippen LogP contribution in [-0.4, -0.2) is 20.6 Å². The van der Waals surface area contributed by atoms with Crippen LogP contribution in [0.1, 0.15) is 6.42 Å². The Morgan fingerprint density at radius 3 is 2.55 bits per heavy atom. The Morgan fingerprint density at radius 1 is 1.09 bits per heavy atom. The van der Waals surface area contributed by atoms with Crippen molar-refractivity contribution < 1.29 is 0 Å². The van der Waals surface area contributed by atoms with Gasteiger partial charge < -0.3 is 5.32 Å². The second kappa shape index (κ2) is 6.58. The molecule has 1 N–H and O–H groups in total. The highest BCUT2D eigenvalue weighted by atomic mass is 35.5. The SMILES string of the molecule is O=c1c2ccccc2c(Nc2ccncc2)nn1CCCCl. The Labute approximate surface area is 132 Å². The number of halogens is 1. The van der Waals surface area contributed by atoms with E-state index in [4.69, 9.17) is 11.6 Å². The molecule has 0 radical (unpaired) electrons. The molecule has 0 unspecified atom stereocenters. The van der Waals surface area contributed by atoms with Crippen molar-refractivity contribution in [3.63, 3.8) is 0 Å². The van der Waals surface area contributed by atoms with Gasteiger partial charge in [-0.25, -0.2) is 4.68 Å². The molecule has 22 heavy (non-hydrogen) atoms. The fraction of sp³-hybridized carbons (Fsp3) is 0.188. The summed E-state index contributed by atoms with van der Waals surface area (Å²) in [4.78, 5) is 16.4. The Kier molecular flexibility index (Phi) is 4.34. The second-order valence-electron chi connectivity index (χ2n) is 4.83. The molecule has 2 aromatic heterocycles. The Morgan fingerprint density at radius 2 is 1.82 bits per heavy atom. The molecule has 2 heterocycles. The first-order valence-corrected chi connectivity index (χ1v) is 7.56. The smallest absolute Gasteiger partial charge is 0.274 e. The van der Waals surface area contributed by atoms with Crippen molar-refractivity contribution in [2.24, 2.45) is 0 Å². The zero-order valence-corrected chi connectivity index (χ0v) is 12.6. The predicted octanol–water partition coefficient (Wildman–Crippen LogP) is 3.16. The van der Waals surface area contributed by atoms with Gasteiger partial charge in [-0.15, -0.1) is 11.6 Å². The summed E-state index contributed by atoms with van der Waals surface area (Å²) >= 11 is 5.73. The molecule has 0 amide bonds. The van der Waals surface area contributed by atoms with Crippen LogP contribution in [0, 0.1) is 0 Å². The highest BCUT2D eigenvalue weighted by Gasteiger charge is 2.10. The topological polar surface area (TPSA) is 59.8 Å². The van der Waals surface area contributed by atoms with Crippen molar-refractivity contribution in [2.75, 3.05) is 11.2 Å². The van der Waals surface area contributed by atoms with Crippen molar-refractivity contribution in [2.45, 2.75) is 13.0 Å². The van der Waals surface area contributed by atoms with Crippen LogP contribution in [0.15, 0.2) is 53.6 Å². The molecular formula is C16H15ClN4O. The number of hydrogen-bond acceptors (Lipinski definition) is 4. The minimum atomic E-state index is -0.0963. The first kappa shape index (κ1) is 14.5. The summed E-state index contributed by atoms with van der Waals surface area (Å²) in [5.74, 6) is 1.14. The minimum Gasteiger partial charge on any atom is -0.338 e. The van der Waals surface area contributed by atoms with Crippen LogP contribution in [0.25, 0.3) is 10.8 Å². The summed E-state index contributed by atoms with van der Waals surface area (Å²) in [6.45, 7) is 0.498. The van der Waals surface area contributed by atoms with Crippen LogP contribution >= 0.6 is 11.6 Å². The van der Waals surface area contributed by atoms with Gasteiger partial charge in [0.2, 0.25) is 0 Å². The van der Waals surface area contributed by atoms with Crippen LogP contribution in [0.3, 0.4) is 0 Å². The number of fused-ring (bicyclic) bond motifs is 1. The minimum absolute atomic E-state index is 0.0963. The van der Waals surface area contributed by atoms with Crippen LogP contribution in [0.4, 0.5) is 11.5 Å². The number of nitrogens with zero attached hydrogens (tertiary/aromatic N) is 3. The number of pyridine rings is 1. The molecule has 3 aromatic rings. The molecule has 0 bridgehead atoms. The summed E-state index contributed by atoms with van der Waals surface area (Å²) in [5, 5.41) is 9.13. The summed E-state index contributed by atoms with van der Waals surface area (Å²) in [7, 11) is 0. The van der Waals surface area contributed by atoms with E-state index in [1.54, 1.807) is 12.4 Å². The molecule has 0 aliphatic heterocycles. The zero-order valence-electron chi connectivity index (χ0n) is 11.9. The van der Waals surface area contributed by atoms with E-state index < -0.39 is 0 Å². The zero-order chi connectivity index (χ0) is 15.4. The van der Waals surface area contributed by atoms with E-state index in [1.165, 1.54) is 4.68 Å². The number of aromatic nitrogens is 3. The van der Waals surface area contributed by atoms with E-state index in [0.717, 1.165) is 11.1 Å².